The second-order valence-corrected chi connectivity index (χ2v) is 6.69. The van der Waals surface area contributed by atoms with Crippen LogP contribution >= 0.6 is 11.6 Å². The van der Waals surface area contributed by atoms with Gasteiger partial charge in [0.25, 0.3) is 5.91 Å². The molecule has 0 unspecified atom stereocenters. The van der Waals surface area contributed by atoms with Crippen LogP contribution in [-0.4, -0.2) is 35.6 Å². The molecule has 0 bridgehead atoms. The van der Waals surface area contributed by atoms with Crippen molar-refractivity contribution in [2.45, 2.75) is 19.6 Å². The molecular weight excluding hydrogens is 398 g/mol. The van der Waals surface area contributed by atoms with Crippen LogP contribution in [0.3, 0.4) is 0 Å². The van der Waals surface area contributed by atoms with Crippen molar-refractivity contribution < 1.29 is 23.3 Å². The van der Waals surface area contributed by atoms with Gasteiger partial charge in [-0.15, -0.1) is 0 Å². The Kier molecular flexibility index (Phi) is 7.04. The molecule has 2 amide bonds. The van der Waals surface area contributed by atoms with Crippen molar-refractivity contribution in [3.8, 4) is 0 Å². The highest BCUT2D eigenvalue weighted by molar-refractivity contribution is 6.30. The van der Waals surface area contributed by atoms with Crippen molar-refractivity contribution in [2.24, 2.45) is 0 Å². The number of hydrogen-bond acceptors (Lipinski definition) is 6. The van der Waals surface area contributed by atoms with E-state index in [2.05, 4.69) is 10.5 Å². The number of halogens is 1. The molecule has 0 fully saturated rings. The van der Waals surface area contributed by atoms with Crippen molar-refractivity contribution in [2.75, 3.05) is 13.7 Å². The Balaban J connectivity index is 1.62. The fourth-order valence-electron chi connectivity index (χ4n) is 2.64. The van der Waals surface area contributed by atoms with E-state index in [1.165, 1.54) is 24.3 Å². The minimum atomic E-state index is -0.388. The van der Waals surface area contributed by atoms with Crippen LogP contribution in [0.2, 0.25) is 5.02 Å². The van der Waals surface area contributed by atoms with Crippen LogP contribution in [-0.2, 0) is 29.2 Å². The minimum absolute atomic E-state index is 0.0815. The number of methoxy groups -OCH3 is 1. The van der Waals surface area contributed by atoms with Crippen LogP contribution in [0.1, 0.15) is 27.6 Å². The first kappa shape index (κ1) is 20.6. The maximum atomic E-state index is 12.3. The van der Waals surface area contributed by atoms with Crippen molar-refractivity contribution in [1.82, 2.24) is 15.4 Å². The van der Waals surface area contributed by atoms with Gasteiger partial charge >= 0.3 is 0 Å². The largest absolute Gasteiger partial charge is 0.467 e. The van der Waals surface area contributed by atoms with Crippen LogP contribution in [0.25, 0.3) is 0 Å². The maximum Gasteiger partial charge on any atom is 0.273 e. The molecule has 3 rings (SSSR count). The second kappa shape index (κ2) is 9.90. The van der Waals surface area contributed by atoms with E-state index in [4.69, 9.17) is 25.3 Å². The van der Waals surface area contributed by atoms with Gasteiger partial charge in [-0.3, -0.25) is 9.59 Å². The molecular formula is C20H20ClN3O5. The number of rotatable bonds is 9. The summed E-state index contributed by atoms with van der Waals surface area (Å²) in [6, 6.07) is 12.2. The summed E-state index contributed by atoms with van der Waals surface area (Å²) in [5.74, 6) is 0.357. The summed E-state index contributed by atoms with van der Waals surface area (Å²) < 4.78 is 15.5. The molecule has 1 aromatic carbocycles. The summed E-state index contributed by atoms with van der Waals surface area (Å²) >= 11 is 5.94. The van der Waals surface area contributed by atoms with Gasteiger partial charge in [-0.05, 0) is 29.8 Å². The SMILES string of the molecule is COCC(=O)N(Cc1ccco1)Cc1cc(C(=O)NCc2cccc(Cl)c2)no1. The molecule has 29 heavy (non-hydrogen) atoms. The number of nitrogens with one attached hydrogen (secondary N) is 1. The minimum Gasteiger partial charge on any atom is -0.467 e. The summed E-state index contributed by atoms with van der Waals surface area (Å²) in [7, 11) is 1.44. The summed E-state index contributed by atoms with van der Waals surface area (Å²) in [6.07, 6.45) is 1.53. The van der Waals surface area contributed by atoms with Gasteiger partial charge in [0.05, 0.1) is 19.4 Å². The summed E-state index contributed by atoms with van der Waals surface area (Å²) in [5.41, 5.74) is 0.989. The summed E-state index contributed by atoms with van der Waals surface area (Å²) in [4.78, 5) is 26.1. The molecule has 0 atom stereocenters. The van der Waals surface area contributed by atoms with Crippen molar-refractivity contribution in [3.63, 3.8) is 0 Å². The number of ether oxygens (including phenoxy) is 1. The van der Waals surface area contributed by atoms with Crippen LogP contribution < -0.4 is 5.32 Å². The van der Waals surface area contributed by atoms with Crippen molar-refractivity contribution in [1.29, 1.82) is 0 Å². The third kappa shape index (κ3) is 5.94. The lowest BCUT2D eigenvalue weighted by atomic mass is 10.2. The first-order chi connectivity index (χ1) is 14.0. The monoisotopic (exact) mass is 417 g/mol. The Labute approximate surface area is 172 Å². The zero-order chi connectivity index (χ0) is 20.6. The molecule has 0 aliphatic carbocycles. The van der Waals surface area contributed by atoms with E-state index in [1.54, 1.807) is 24.3 Å². The Morgan fingerprint density at radius 1 is 1.17 bits per heavy atom. The maximum absolute atomic E-state index is 12.3. The molecule has 0 saturated carbocycles. The second-order valence-electron chi connectivity index (χ2n) is 6.25. The predicted molar refractivity (Wildman–Crippen MR) is 104 cm³/mol. The standard InChI is InChI=1S/C20H20ClN3O5/c1-27-13-19(25)24(11-16-6-3-7-28-16)12-17-9-18(23-29-17)20(26)22-10-14-4-2-5-15(21)8-14/h2-9H,10-13H2,1H3,(H,22,26). The molecule has 8 nitrogen and oxygen atoms in total. The number of carbonyl (C=O) groups excluding carboxylic acids is 2. The molecule has 3 aromatic rings. The van der Waals surface area contributed by atoms with E-state index in [0.717, 1.165) is 5.56 Å². The number of benzene rings is 1. The van der Waals surface area contributed by atoms with Gasteiger partial charge in [0.15, 0.2) is 11.5 Å². The Morgan fingerprint density at radius 2 is 2.00 bits per heavy atom. The highest BCUT2D eigenvalue weighted by atomic mass is 35.5. The van der Waals surface area contributed by atoms with E-state index in [1.807, 2.05) is 12.1 Å². The highest BCUT2D eigenvalue weighted by Crippen LogP contribution is 2.13. The smallest absolute Gasteiger partial charge is 0.273 e. The number of furan rings is 1. The lowest BCUT2D eigenvalue weighted by molar-refractivity contribution is -0.137. The molecule has 0 radical (unpaired) electrons. The molecule has 1 N–H and O–H groups in total. The molecule has 0 aliphatic rings. The van der Waals surface area contributed by atoms with Gasteiger partial charge in [0.2, 0.25) is 5.91 Å². The van der Waals surface area contributed by atoms with Crippen molar-refractivity contribution in [3.05, 3.63) is 76.5 Å². The average Bonchev–Trinajstić information content (AvgIpc) is 3.38. The number of nitrogens with zero attached hydrogens (tertiary/aromatic N) is 2. The predicted octanol–water partition coefficient (Wildman–Crippen LogP) is 3.03. The third-order valence-corrected chi connectivity index (χ3v) is 4.26. The van der Waals surface area contributed by atoms with Crippen molar-refractivity contribution >= 4 is 23.4 Å². The first-order valence-electron chi connectivity index (χ1n) is 8.82. The molecule has 0 spiro atoms. The summed E-state index contributed by atoms with van der Waals surface area (Å²) in [5, 5.41) is 7.14. The van der Waals surface area contributed by atoms with E-state index < -0.39 is 0 Å². The lowest BCUT2D eigenvalue weighted by Gasteiger charge is -2.19. The normalized spacial score (nSPS) is 10.7. The number of aromatic nitrogens is 1. The van der Waals surface area contributed by atoms with Crippen LogP contribution in [0.5, 0.6) is 0 Å². The first-order valence-corrected chi connectivity index (χ1v) is 9.20. The van der Waals surface area contributed by atoms with Gasteiger partial charge in [-0.2, -0.15) is 0 Å². The number of amides is 2. The zero-order valence-electron chi connectivity index (χ0n) is 15.8. The fourth-order valence-corrected chi connectivity index (χ4v) is 2.85. The molecule has 2 aromatic heterocycles. The molecule has 2 heterocycles. The van der Waals surface area contributed by atoms with Gasteiger partial charge in [-0.25, -0.2) is 0 Å². The lowest BCUT2D eigenvalue weighted by Crippen LogP contribution is -2.32. The number of carbonyl (C=O) groups is 2. The molecule has 9 heteroatoms. The quantitative estimate of drug-likeness (QED) is 0.574. The molecule has 0 saturated heterocycles. The van der Waals surface area contributed by atoms with Crippen LogP contribution in [0, 0.1) is 0 Å². The van der Waals surface area contributed by atoms with Crippen LogP contribution in [0.4, 0.5) is 0 Å². The van der Waals surface area contributed by atoms with E-state index in [-0.39, 0.29) is 37.2 Å². The fraction of sp³-hybridized carbons (Fsp3) is 0.250. The Bertz CT molecular complexity index is 955. The average molecular weight is 418 g/mol. The zero-order valence-corrected chi connectivity index (χ0v) is 16.5. The number of hydrogen-bond donors (Lipinski definition) is 1. The van der Waals surface area contributed by atoms with Gasteiger partial charge in [0.1, 0.15) is 12.4 Å². The molecule has 0 aliphatic heterocycles. The topological polar surface area (TPSA) is 97.8 Å². The summed E-state index contributed by atoms with van der Waals surface area (Å²) in [6.45, 7) is 0.587. The van der Waals surface area contributed by atoms with Crippen LogP contribution in [0.15, 0.2) is 57.7 Å². The highest BCUT2D eigenvalue weighted by Gasteiger charge is 2.19. The van der Waals surface area contributed by atoms with Gasteiger partial charge in [0, 0.05) is 24.7 Å². The Hall–Kier alpha value is -3.10. The van der Waals surface area contributed by atoms with Gasteiger partial charge < -0.3 is 23.9 Å². The molecule has 152 valence electrons. The van der Waals surface area contributed by atoms with E-state index in [9.17, 15) is 9.59 Å². The Morgan fingerprint density at radius 3 is 2.72 bits per heavy atom. The van der Waals surface area contributed by atoms with E-state index in [0.29, 0.717) is 23.1 Å². The van der Waals surface area contributed by atoms with Gasteiger partial charge in [-0.1, -0.05) is 28.9 Å². The van der Waals surface area contributed by atoms with E-state index >= 15 is 0 Å². The third-order valence-electron chi connectivity index (χ3n) is 4.03.